The molecule has 0 unspecified atom stereocenters. The zero-order chi connectivity index (χ0) is 10.6. The fourth-order valence-corrected chi connectivity index (χ4v) is 1.81. The summed E-state index contributed by atoms with van der Waals surface area (Å²) in [7, 11) is 0. The Morgan fingerprint density at radius 3 is 3.00 bits per heavy atom. The highest BCUT2D eigenvalue weighted by atomic mass is 35.5. The summed E-state index contributed by atoms with van der Waals surface area (Å²) in [6, 6.07) is 1.95. The molecule has 0 aliphatic heterocycles. The van der Waals surface area contributed by atoms with Crippen LogP contribution in [0.5, 0.6) is 0 Å². The van der Waals surface area contributed by atoms with Gasteiger partial charge in [0.15, 0.2) is 10.3 Å². The van der Waals surface area contributed by atoms with Crippen LogP contribution in [0.1, 0.15) is 18.2 Å². The number of rotatable bonds is 4. The van der Waals surface area contributed by atoms with E-state index < -0.39 is 0 Å². The molecule has 0 aromatic carbocycles. The zero-order valence-corrected chi connectivity index (χ0v) is 9.19. The first-order chi connectivity index (χ1) is 6.63. The van der Waals surface area contributed by atoms with E-state index in [0.29, 0.717) is 23.0 Å². The number of aliphatic hydroxyl groups is 1. The molecule has 0 fully saturated rings. The normalized spacial score (nSPS) is 12.1. The van der Waals surface area contributed by atoms with Crippen molar-refractivity contribution in [3.8, 4) is 6.07 Å². The molecule has 6 heteroatoms. The first-order valence-electron chi connectivity index (χ1n) is 4.12. The van der Waals surface area contributed by atoms with Crippen LogP contribution >= 0.6 is 22.9 Å². The van der Waals surface area contributed by atoms with Gasteiger partial charge in [-0.25, -0.2) is 4.98 Å². The number of aliphatic hydroxyl groups excluding tert-OH is 1. The summed E-state index contributed by atoms with van der Waals surface area (Å²) in [4.78, 5) is 4.36. The van der Waals surface area contributed by atoms with Gasteiger partial charge in [0.1, 0.15) is 10.9 Å². The van der Waals surface area contributed by atoms with Gasteiger partial charge in [-0.05, 0) is 13.3 Å². The Kier molecular flexibility index (Phi) is 4.14. The topological polar surface area (TPSA) is 68.9 Å². The Bertz CT molecular complexity index is 345. The molecular weight excluding hydrogens is 222 g/mol. The maximum Gasteiger partial charge on any atom is 0.185 e. The van der Waals surface area contributed by atoms with Crippen molar-refractivity contribution in [3.05, 3.63) is 10.0 Å². The fourth-order valence-electron chi connectivity index (χ4n) is 0.834. The summed E-state index contributed by atoms with van der Waals surface area (Å²) in [5.41, 5.74) is 0. The quantitative estimate of drug-likeness (QED) is 0.830. The van der Waals surface area contributed by atoms with E-state index >= 15 is 0 Å². The lowest BCUT2D eigenvalue weighted by Crippen LogP contribution is -2.09. The van der Waals surface area contributed by atoms with Gasteiger partial charge >= 0.3 is 0 Å². The number of nitrogens with one attached hydrogen (secondary N) is 1. The van der Waals surface area contributed by atoms with E-state index in [1.165, 1.54) is 11.3 Å². The first-order valence-corrected chi connectivity index (χ1v) is 5.31. The second kappa shape index (κ2) is 5.15. The van der Waals surface area contributed by atoms with Crippen LogP contribution in [0.4, 0.5) is 5.13 Å². The number of hydrogen-bond donors (Lipinski definition) is 2. The van der Waals surface area contributed by atoms with Crippen LogP contribution in [-0.2, 0) is 0 Å². The SMILES string of the molecule is C[C@H](O)CCNc1nc(Cl)c(C#N)s1. The van der Waals surface area contributed by atoms with E-state index in [9.17, 15) is 0 Å². The van der Waals surface area contributed by atoms with E-state index in [-0.39, 0.29) is 11.3 Å². The molecule has 0 bridgehead atoms. The molecule has 0 saturated carbocycles. The van der Waals surface area contributed by atoms with Crippen molar-refractivity contribution in [2.24, 2.45) is 0 Å². The number of hydrogen-bond acceptors (Lipinski definition) is 5. The monoisotopic (exact) mass is 231 g/mol. The van der Waals surface area contributed by atoms with Crippen LogP contribution in [0.2, 0.25) is 5.15 Å². The molecule has 0 saturated heterocycles. The van der Waals surface area contributed by atoms with Crippen molar-refractivity contribution in [1.29, 1.82) is 5.26 Å². The summed E-state index contributed by atoms with van der Waals surface area (Å²) in [5, 5.41) is 21.4. The van der Waals surface area contributed by atoms with E-state index in [1.54, 1.807) is 6.92 Å². The van der Waals surface area contributed by atoms with E-state index in [4.69, 9.17) is 22.0 Å². The van der Waals surface area contributed by atoms with Gasteiger partial charge in [-0.3, -0.25) is 0 Å². The number of thiazole rings is 1. The molecular formula is C8H10ClN3OS. The Hall–Kier alpha value is -0.830. The van der Waals surface area contributed by atoms with Crippen molar-refractivity contribution in [3.63, 3.8) is 0 Å². The van der Waals surface area contributed by atoms with Gasteiger partial charge in [-0.15, -0.1) is 0 Å². The lowest BCUT2D eigenvalue weighted by atomic mass is 10.3. The van der Waals surface area contributed by atoms with Crippen LogP contribution in [0.15, 0.2) is 0 Å². The summed E-state index contributed by atoms with van der Waals surface area (Å²) in [6.45, 7) is 2.34. The molecule has 1 aromatic rings. The standard InChI is InChI=1S/C8H10ClN3OS/c1-5(13)2-3-11-8-12-7(9)6(4-10)14-8/h5,13H,2-3H2,1H3,(H,11,12)/t5-/m0/s1. The van der Waals surface area contributed by atoms with Crippen molar-refractivity contribution >= 4 is 28.1 Å². The van der Waals surface area contributed by atoms with Gasteiger partial charge in [-0.1, -0.05) is 22.9 Å². The molecule has 76 valence electrons. The van der Waals surface area contributed by atoms with E-state index in [1.807, 2.05) is 6.07 Å². The summed E-state index contributed by atoms with van der Waals surface area (Å²) < 4.78 is 0. The zero-order valence-electron chi connectivity index (χ0n) is 7.62. The minimum absolute atomic E-state index is 0.233. The van der Waals surface area contributed by atoms with Crippen LogP contribution in [0.3, 0.4) is 0 Å². The largest absolute Gasteiger partial charge is 0.393 e. The summed E-state index contributed by atoms with van der Waals surface area (Å²) in [5.74, 6) is 0. The molecule has 0 aliphatic rings. The van der Waals surface area contributed by atoms with E-state index in [2.05, 4.69) is 10.3 Å². The van der Waals surface area contributed by atoms with Gasteiger partial charge in [0.05, 0.1) is 6.10 Å². The van der Waals surface area contributed by atoms with Gasteiger partial charge in [0.25, 0.3) is 0 Å². The van der Waals surface area contributed by atoms with Gasteiger partial charge in [0, 0.05) is 6.54 Å². The predicted molar refractivity (Wildman–Crippen MR) is 56.6 cm³/mol. The summed E-state index contributed by atoms with van der Waals surface area (Å²) >= 11 is 6.89. The molecule has 4 nitrogen and oxygen atoms in total. The van der Waals surface area contributed by atoms with Crippen LogP contribution in [0.25, 0.3) is 0 Å². The number of aromatic nitrogens is 1. The van der Waals surface area contributed by atoms with Crippen molar-refractivity contribution in [1.82, 2.24) is 4.98 Å². The van der Waals surface area contributed by atoms with E-state index in [0.717, 1.165) is 0 Å². The molecule has 1 rings (SSSR count). The highest BCUT2D eigenvalue weighted by molar-refractivity contribution is 7.16. The van der Waals surface area contributed by atoms with Gasteiger partial charge < -0.3 is 10.4 Å². The summed E-state index contributed by atoms with van der Waals surface area (Å²) in [6.07, 6.45) is 0.299. The van der Waals surface area contributed by atoms with Crippen molar-refractivity contribution < 1.29 is 5.11 Å². The van der Waals surface area contributed by atoms with Crippen LogP contribution < -0.4 is 5.32 Å². The second-order valence-corrected chi connectivity index (χ2v) is 4.17. The molecule has 1 aromatic heterocycles. The number of nitriles is 1. The first kappa shape index (κ1) is 11.2. The van der Waals surface area contributed by atoms with Crippen molar-refractivity contribution in [2.45, 2.75) is 19.4 Å². The average Bonchev–Trinajstić information content (AvgIpc) is 2.45. The fraction of sp³-hybridized carbons (Fsp3) is 0.500. The third kappa shape index (κ3) is 3.14. The average molecular weight is 232 g/mol. The van der Waals surface area contributed by atoms with Crippen LogP contribution in [0, 0.1) is 11.3 Å². The molecule has 2 N–H and O–H groups in total. The molecule has 0 amide bonds. The lowest BCUT2D eigenvalue weighted by Gasteiger charge is -2.03. The predicted octanol–water partition coefficient (Wildman–Crippen LogP) is 1.85. The highest BCUT2D eigenvalue weighted by Crippen LogP contribution is 2.25. The minimum atomic E-state index is -0.339. The molecule has 0 aliphatic carbocycles. The highest BCUT2D eigenvalue weighted by Gasteiger charge is 2.07. The molecule has 1 atom stereocenters. The molecule has 14 heavy (non-hydrogen) atoms. The maximum absolute atomic E-state index is 9.00. The number of halogens is 1. The van der Waals surface area contributed by atoms with Gasteiger partial charge in [0.2, 0.25) is 0 Å². The second-order valence-electron chi connectivity index (χ2n) is 2.82. The third-order valence-electron chi connectivity index (χ3n) is 1.53. The van der Waals surface area contributed by atoms with Crippen LogP contribution in [-0.4, -0.2) is 22.7 Å². The number of nitrogens with zero attached hydrogens (tertiary/aromatic N) is 2. The minimum Gasteiger partial charge on any atom is -0.393 e. The molecule has 0 radical (unpaired) electrons. The molecule has 0 spiro atoms. The number of anilines is 1. The Labute approximate surface area is 91.2 Å². The lowest BCUT2D eigenvalue weighted by molar-refractivity contribution is 0.189. The third-order valence-corrected chi connectivity index (χ3v) is 2.83. The maximum atomic E-state index is 9.00. The van der Waals surface area contributed by atoms with Gasteiger partial charge in [-0.2, -0.15) is 5.26 Å². The smallest absolute Gasteiger partial charge is 0.185 e. The Morgan fingerprint density at radius 1 is 1.79 bits per heavy atom. The Morgan fingerprint density at radius 2 is 2.50 bits per heavy atom. The Balaban J connectivity index is 2.48. The molecule has 1 heterocycles. The van der Waals surface area contributed by atoms with Crippen molar-refractivity contribution in [2.75, 3.05) is 11.9 Å².